The van der Waals surface area contributed by atoms with E-state index in [1.807, 2.05) is 18.2 Å². The summed E-state index contributed by atoms with van der Waals surface area (Å²) in [4.78, 5) is 23.6. The van der Waals surface area contributed by atoms with Gasteiger partial charge in [0.15, 0.2) is 0 Å². The van der Waals surface area contributed by atoms with Crippen molar-refractivity contribution in [3.8, 4) is 5.75 Å². The first kappa shape index (κ1) is 19.2. The number of hydrogen-bond acceptors (Lipinski definition) is 3. The molecule has 0 bridgehead atoms. The van der Waals surface area contributed by atoms with Gasteiger partial charge in [-0.1, -0.05) is 41.5 Å². The molecular formula is C21H29NO3. The predicted octanol–water partition coefficient (Wildman–Crippen LogP) is 4.11. The van der Waals surface area contributed by atoms with Crippen molar-refractivity contribution in [3.05, 3.63) is 34.4 Å². The summed E-state index contributed by atoms with van der Waals surface area (Å²) in [5.41, 5.74) is 3.31. The summed E-state index contributed by atoms with van der Waals surface area (Å²) in [5, 5.41) is 2.84. The fraction of sp³-hybridized carbons (Fsp3) is 0.524. The molecule has 0 unspecified atom stereocenters. The van der Waals surface area contributed by atoms with Crippen LogP contribution < -0.4 is 10.1 Å². The van der Waals surface area contributed by atoms with Crippen LogP contribution in [-0.4, -0.2) is 18.4 Å². The molecule has 0 aromatic heterocycles. The highest BCUT2D eigenvalue weighted by molar-refractivity contribution is 5.99. The molecule has 1 aliphatic rings. The monoisotopic (exact) mass is 343 g/mol. The van der Waals surface area contributed by atoms with E-state index in [2.05, 4.69) is 46.9 Å². The third kappa shape index (κ3) is 4.50. The lowest BCUT2D eigenvalue weighted by Gasteiger charge is -2.29. The minimum atomic E-state index is -0.322. The average molecular weight is 343 g/mol. The van der Waals surface area contributed by atoms with Gasteiger partial charge in [0.05, 0.1) is 0 Å². The molecule has 1 amide bonds. The number of amides is 1. The largest absolute Gasteiger partial charge is 0.426 e. The van der Waals surface area contributed by atoms with Crippen molar-refractivity contribution in [1.82, 2.24) is 5.32 Å². The zero-order chi connectivity index (χ0) is 19.0. The Hall–Kier alpha value is -2.10. The van der Waals surface area contributed by atoms with E-state index in [1.54, 1.807) is 0 Å². The highest BCUT2D eigenvalue weighted by atomic mass is 16.5. The van der Waals surface area contributed by atoms with Gasteiger partial charge < -0.3 is 10.1 Å². The number of carbonyl (C=O) groups excluding carboxylic acids is 2. The Morgan fingerprint density at radius 2 is 1.60 bits per heavy atom. The van der Waals surface area contributed by atoms with Crippen molar-refractivity contribution in [2.45, 2.75) is 65.7 Å². The number of rotatable bonds is 2. The second-order valence-electron chi connectivity index (χ2n) is 8.71. The molecule has 1 aromatic carbocycles. The predicted molar refractivity (Wildman–Crippen MR) is 101 cm³/mol. The SMILES string of the molecule is CC(=O)Oc1c(C(C)(C)C)cc(C=C2CCNC2=O)cc1C(C)(C)C. The lowest BCUT2D eigenvalue weighted by atomic mass is 9.78. The summed E-state index contributed by atoms with van der Waals surface area (Å²) in [6.45, 7) is 14.7. The van der Waals surface area contributed by atoms with Gasteiger partial charge in [-0.2, -0.15) is 0 Å². The van der Waals surface area contributed by atoms with Gasteiger partial charge in [0.25, 0.3) is 0 Å². The second kappa shape index (κ2) is 6.66. The molecule has 1 fully saturated rings. The molecule has 4 nitrogen and oxygen atoms in total. The Balaban J connectivity index is 2.72. The number of ether oxygens (including phenoxy) is 1. The van der Waals surface area contributed by atoms with E-state index in [0.29, 0.717) is 12.3 Å². The van der Waals surface area contributed by atoms with Gasteiger partial charge in [-0.05, 0) is 41.0 Å². The summed E-state index contributed by atoms with van der Waals surface area (Å²) < 4.78 is 5.64. The lowest BCUT2D eigenvalue weighted by molar-refractivity contribution is -0.132. The van der Waals surface area contributed by atoms with Crippen LogP contribution in [0.4, 0.5) is 0 Å². The van der Waals surface area contributed by atoms with Crippen LogP contribution in [0, 0.1) is 0 Å². The molecule has 1 heterocycles. The third-order valence-corrected chi connectivity index (χ3v) is 4.29. The van der Waals surface area contributed by atoms with Crippen molar-refractivity contribution in [2.24, 2.45) is 0 Å². The van der Waals surface area contributed by atoms with Gasteiger partial charge in [0.2, 0.25) is 5.91 Å². The minimum absolute atomic E-state index is 0.00122. The fourth-order valence-electron chi connectivity index (χ4n) is 2.98. The number of esters is 1. The Labute approximate surface area is 150 Å². The first-order valence-electron chi connectivity index (χ1n) is 8.76. The molecule has 1 aliphatic heterocycles. The first-order chi connectivity index (χ1) is 11.4. The zero-order valence-electron chi connectivity index (χ0n) is 16.4. The summed E-state index contributed by atoms with van der Waals surface area (Å²) >= 11 is 0. The number of benzene rings is 1. The van der Waals surface area contributed by atoms with Crippen LogP contribution in [0.15, 0.2) is 17.7 Å². The summed E-state index contributed by atoms with van der Waals surface area (Å²) in [7, 11) is 0. The molecule has 1 saturated heterocycles. The number of nitrogens with one attached hydrogen (secondary N) is 1. The molecule has 25 heavy (non-hydrogen) atoms. The van der Waals surface area contributed by atoms with E-state index in [0.717, 1.165) is 28.7 Å². The lowest BCUT2D eigenvalue weighted by Crippen LogP contribution is -2.21. The Kier molecular flexibility index (Phi) is 5.12. The van der Waals surface area contributed by atoms with Crippen LogP contribution in [0.3, 0.4) is 0 Å². The summed E-state index contributed by atoms with van der Waals surface area (Å²) in [6, 6.07) is 4.07. The quantitative estimate of drug-likeness (QED) is 0.499. The van der Waals surface area contributed by atoms with Crippen molar-refractivity contribution in [3.63, 3.8) is 0 Å². The molecule has 136 valence electrons. The Bertz CT molecular complexity index is 695. The van der Waals surface area contributed by atoms with E-state index in [1.165, 1.54) is 6.92 Å². The van der Waals surface area contributed by atoms with Crippen molar-refractivity contribution >= 4 is 18.0 Å². The highest BCUT2D eigenvalue weighted by Gasteiger charge is 2.29. The normalized spacial score (nSPS) is 16.9. The van der Waals surface area contributed by atoms with Crippen LogP contribution >= 0.6 is 0 Å². The van der Waals surface area contributed by atoms with E-state index >= 15 is 0 Å². The second-order valence-corrected chi connectivity index (χ2v) is 8.71. The third-order valence-electron chi connectivity index (χ3n) is 4.29. The maximum absolute atomic E-state index is 11.9. The summed E-state index contributed by atoms with van der Waals surface area (Å²) in [6.07, 6.45) is 2.69. The van der Waals surface area contributed by atoms with Gasteiger partial charge in [0, 0.05) is 30.2 Å². The van der Waals surface area contributed by atoms with E-state index in [-0.39, 0.29) is 22.7 Å². The average Bonchev–Trinajstić information content (AvgIpc) is 2.82. The van der Waals surface area contributed by atoms with Gasteiger partial charge in [-0.3, -0.25) is 9.59 Å². The van der Waals surface area contributed by atoms with E-state index < -0.39 is 0 Å². The van der Waals surface area contributed by atoms with Gasteiger partial charge in [-0.25, -0.2) is 0 Å². The number of hydrogen-bond donors (Lipinski definition) is 1. The van der Waals surface area contributed by atoms with Gasteiger partial charge in [-0.15, -0.1) is 0 Å². The van der Waals surface area contributed by atoms with E-state index in [4.69, 9.17) is 4.74 Å². The van der Waals surface area contributed by atoms with Crippen LogP contribution in [0.25, 0.3) is 6.08 Å². The van der Waals surface area contributed by atoms with E-state index in [9.17, 15) is 9.59 Å². The van der Waals surface area contributed by atoms with Crippen molar-refractivity contribution in [1.29, 1.82) is 0 Å². The molecule has 0 saturated carbocycles. The molecule has 1 N–H and O–H groups in total. The fourth-order valence-corrected chi connectivity index (χ4v) is 2.98. The summed E-state index contributed by atoms with van der Waals surface area (Å²) in [5.74, 6) is 0.321. The van der Waals surface area contributed by atoms with Gasteiger partial charge in [0.1, 0.15) is 5.75 Å². The van der Waals surface area contributed by atoms with Crippen LogP contribution in [0.2, 0.25) is 0 Å². The molecule has 0 aliphatic carbocycles. The van der Waals surface area contributed by atoms with Crippen LogP contribution in [0.1, 0.15) is 71.6 Å². The maximum atomic E-state index is 11.9. The molecule has 0 radical (unpaired) electrons. The smallest absolute Gasteiger partial charge is 0.308 e. The molecule has 1 aromatic rings. The molecule has 2 rings (SSSR count). The van der Waals surface area contributed by atoms with Gasteiger partial charge >= 0.3 is 5.97 Å². The van der Waals surface area contributed by atoms with Crippen LogP contribution in [0.5, 0.6) is 5.75 Å². The number of carbonyl (C=O) groups is 2. The maximum Gasteiger partial charge on any atom is 0.308 e. The highest BCUT2D eigenvalue weighted by Crippen LogP contribution is 2.41. The molecule has 4 heteroatoms. The molecule has 0 atom stereocenters. The minimum Gasteiger partial charge on any atom is -0.426 e. The molecule has 0 spiro atoms. The Morgan fingerprint density at radius 3 is 1.96 bits per heavy atom. The zero-order valence-corrected chi connectivity index (χ0v) is 16.4. The van der Waals surface area contributed by atoms with Crippen LogP contribution in [-0.2, 0) is 20.4 Å². The molecular weight excluding hydrogens is 314 g/mol. The first-order valence-corrected chi connectivity index (χ1v) is 8.76. The topological polar surface area (TPSA) is 55.4 Å². The standard InChI is InChI=1S/C21H29NO3/c1-13(23)25-18-16(20(2,3)4)11-14(12-17(18)21(5,6)7)10-15-8-9-22-19(15)24/h10-12H,8-9H2,1-7H3,(H,22,24). The van der Waals surface area contributed by atoms with Crippen molar-refractivity contribution < 1.29 is 14.3 Å². The Morgan fingerprint density at radius 1 is 1.08 bits per heavy atom. The van der Waals surface area contributed by atoms with Crippen molar-refractivity contribution in [2.75, 3.05) is 6.54 Å².